The number of likely N-dealkylation sites (tertiary alicyclic amines) is 1. The molecule has 1 fully saturated rings. The predicted octanol–water partition coefficient (Wildman–Crippen LogP) is 0.526. The second-order valence-corrected chi connectivity index (χ2v) is 11.6. The number of para-hydroxylation sites is 1. The molecule has 0 aliphatic carbocycles. The minimum atomic E-state index is -4.19. The number of carbonyl (C=O) groups excluding carboxylic acids is 1. The van der Waals surface area contributed by atoms with Gasteiger partial charge >= 0.3 is 5.97 Å². The van der Waals surface area contributed by atoms with Crippen molar-refractivity contribution in [2.45, 2.75) is 62.9 Å². The van der Waals surface area contributed by atoms with Crippen LogP contribution in [0.15, 0.2) is 28.1 Å². The highest BCUT2D eigenvalue weighted by Gasteiger charge is 2.39. The maximum atomic E-state index is 13.6. The zero-order valence-corrected chi connectivity index (χ0v) is 22.2. The molecule has 0 radical (unpaired) electrons. The largest absolute Gasteiger partial charge is 0.480 e. The summed E-state index contributed by atoms with van der Waals surface area (Å²) in [6.07, 6.45) is 1.70. The predicted molar refractivity (Wildman–Crippen MR) is 139 cm³/mol. The van der Waals surface area contributed by atoms with Gasteiger partial charge in [-0.25, -0.2) is 28.3 Å². The Morgan fingerprint density at radius 1 is 1.34 bits per heavy atom. The van der Waals surface area contributed by atoms with Crippen molar-refractivity contribution in [1.29, 1.82) is 0 Å². The van der Waals surface area contributed by atoms with E-state index in [4.69, 9.17) is 5.73 Å². The lowest BCUT2D eigenvalue weighted by molar-refractivity contribution is -0.525. The number of hydrogen-bond donors (Lipinski definition) is 5. The zero-order valence-electron chi connectivity index (χ0n) is 21.4. The number of sulfonamides is 1. The van der Waals surface area contributed by atoms with E-state index in [1.54, 1.807) is 11.5 Å². The molecule has 1 aromatic carbocycles. The smallest absolute Gasteiger partial charge is 0.326 e. The van der Waals surface area contributed by atoms with Crippen molar-refractivity contribution in [2.75, 3.05) is 25.0 Å². The molecular formula is C23H35N7O7S. The summed E-state index contributed by atoms with van der Waals surface area (Å²) in [7, 11) is -4.19. The number of piperidine rings is 1. The molecule has 2 aliphatic rings. The fourth-order valence-corrected chi connectivity index (χ4v) is 6.29. The Kier molecular flexibility index (Phi) is 9.49. The minimum absolute atomic E-state index is 0.0131. The van der Waals surface area contributed by atoms with Gasteiger partial charge in [0, 0.05) is 19.6 Å². The van der Waals surface area contributed by atoms with Gasteiger partial charge in [-0.2, -0.15) is 4.72 Å². The molecule has 1 amide bonds. The Bertz CT molecular complexity index is 1190. The van der Waals surface area contributed by atoms with E-state index < -0.39 is 45.0 Å². The molecule has 0 bridgehead atoms. The summed E-state index contributed by atoms with van der Waals surface area (Å²) < 4.78 is 29.6. The lowest BCUT2D eigenvalue weighted by Gasteiger charge is -2.38. The molecule has 1 saturated heterocycles. The number of aliphatic carboxylic acids is 1. The molecule has 2 unspecified atom stereocenters. The molecule has 15 heteroatoms. The number of hydrazine groups is 1. The van der Waals surface area contributed by atoms with Crippen molar-refractivity contribution < 1.29 is 28.1 Å². The van der Waals surface area contributed by atoms with Crippen LogP contribution in [0.2, 0.25) is 0 Å². The summed E-state index contributed by atoms with van der Waals surface area (Å²) in [6.45, 7) is 4.74. The number of carbonyl (C=O) groups is 2. The highest BCUT2D eigenvalue weighted by Crippen LogP contribution is 2.32. The van der Waals surface area contributed by atoms with Crippen molar-refractivity contribution in [1.82, 2.24) is 15.0 Å². The van der Waals surface area contributed by atoms with Gasteiger partial charge in [-0.3, -0.25) is 4.79 Å². The monoisotopic (exact) mass is 553 g/mol. The molecule has 3 rings (SSSR count). The summed E-state index contributed by atoms with van der Waals surface area (Å²) in [5, 5.41) is 22.5. The number of amides is 1. The zero-order chi connectivity index (χ0) is 28.0. The first kappa shape index (κ1) is 29.1. The van der Waals surface area contributed by atoms with E-state index in [0.717, 1.165) is 5.56 Å². The highest BCUT2D eigenvalue weighted by molar-refractivity contribution is 7.89. The van der Waals surface area contributed by atoms with Gasteiger partial charge in [0.15, 0.2) is 5.03 Å². The quantitative estimate of drug-likeness (QED) is 0.0891. The average Bonchev–Trinajstić information content (AvgIpc) is 2.84. The average molecular weight is 554 g/mol. The van der Waals surface area contributed by atoms with E-state index in [9.17, 15) is 33.2 Å². The molecule has 2 aliphatic heterocycles. The third-order valence-corrected chi connectivity index (χ3v) is 8.28. The van der Waals surface area contributed by atoms with Crippen LogP contribution in [-0.4, -0.2) is 73.0 Å². The Labute approximate surface area is 221 Å². The summed E-state index contributed by atoms with van der Waals surface area (Å²) in [5.74, 6) is -1.78. The Morgan fingerprint density at radius 3 is 2.76 bits per heavy atom. The fraction of sp³-hybridized carbons (Fsp3) is 0.609. The third-order valence-electron chi connectivity index (χ3n) is 6.76. The number of nitro groups is 1. The molecule has 210 valence electrons. The number of guanidine groups is 1. The van der Waals surface area contributed by atoms with Crippen molar-refractivity contribution in [2.24, 2.45) is 22.6 Å². The number of nitrogens with one attached hydrogen (secondary N) is 3. The number of aliphatic imine (C=N–C) groups is 1. The minimum Gasteiger partial charge on any atom is -0.480 e. The van der Waals surface area contributed by atoms with Crippen molar-refractivity contribution in [3.05, 3.63) is 33.9 Å². The second kappa shape index (κ2) is 12.4. The number of anilines is 1. The molecule has 0 saturated carbocycles. The molecule has 2 heterocycles. The van der Waals surface area contributed by atoms with Gasteiger partial charge in [-0.1, -0.05) is 31.4 Å². The maximum Gasteiger partial charge on any atom is 0.326 e. The van der Waals surface area contributed by atoms with Crippen LogP contribution >= 0.6 is 0 Å². The van der Waals surface area contributed by atoms with Gasteiger partial charge in [0.1, 0.15) is 17.0 Å². The van der Waals surface area contributed by atoms with E-state index in [-0.39, 0.29) is 43.2 Å². The first-order chi connectivity index (χ1) is 17.9. The topological polar surface area (TPSA) is 209 Å². The van der Waals surface area contributed by atoms with Gasteiger partial charge in [0.2, 0.25) is 15.9 Å². The van der Waals surface area contributed by atoms with Crippen LogP contribution in [-0.2, 0) is 26.0 Å². The van der Waals surface area contributed by atoms with E-state index >= 15 is 0 Å². The molecule has 4 atom stereocenters. The first-order valence-electron chi connectivity index (χ1n) is 12.5. The first-order valence-corrected chi connectivity index (χ1v) is 14.0. The number of hydrogen-bond acceptors (Lipinski definition) is 8. The van der Waals surface area contributed by atoms with Crippen LogP contribution in [0.5, 0.6) is 0 Å². The van der Waals surface area contributed by atoms with Crippen LogP contribution in [0, 0.1) is 22.0 Å². The van der Waals surface area contributed by atoms with E-state index in [2.05, 4.69) is 22.0 Å². The maximum absolute atomic E-state index is 13.6. The molecule has 1 aromatic rings. The third kappa shape index (κ3) is 7.31. The van der Waals surface area contributed by atoms with Crippen molar-refractivity contribution >= 4 is 33.5 Å². The van der Waals surface area contributed by atoms with Crippen LogP contribution in [0.4, 0.5) is 5.69 Å². The van der Waals surface area contributed by atoms with Crippen LogP contribution < -0.4 is 21.2 Å². The number of rotatable bonds is 10. The highest BCUT2D eigenvalue weighted by atomic mass is 32.2. The van der Waals surface area contributed by atoms with Crippen LogP contribution in [0.3, 0.4) is 0 Å². The molecule has 0 spiro atoms. The lowest BCUT2D eigenvalue weighted by Crippen LogP contribution is -2.56. The van der Waals surface area contributed by atoms with E-state index in [0.29, 0.717) is 31.0 Å². The summed E-state index contributed by atoms with van der Waals surface area (Å²) >= 11 is 0. The van der Waals surface area contributed by atoms with Gasteiger partial charge in [0.05, 0.1) is 5.69 Å². The van der Waals surface area contributed by atoms with Gasteiger partial charge < -0.3 is 21.1 Å². The number of carboxylic acid groups (broad SMARTS) is 1. The van der Waals surface area contributed by atoms with Crippen molar-refractivity contribution in [3.63, 3.8) is 0 Å². The van der Waals surface area contributed by atoms with E-state index in [1.807, 2.05) is 13.0 Å². The molecular weight excluding hydrogens is 518 g/mol. The molecule has 14 nitrogen and oxygen atoms in total. The van der Waals surface area contributed by atoms with Crippen LogP contribution in [0.25, 0.3) is 0 Å². The lowest BCUT2D eigenvalue weighted by atomic mass is 9.91. The number of fused-ring (bicyclic) bond motifs is 1. The second-order valence-electron chi connectivity index (χ2n) is 9.95. The number of benzene rings is 1. The van der Waals surface area contributed by atoms with Crippen molar-refractivity contribution in [3.8, 4) is 0 Å². The number of carboxylic acids is 1. The van der Waals surface area contributed by atoms with Gasteiger partial charge in [-0.15, -0.1) is 0 Å². The van der Waals surface area contributed by atoms with E-state index in [1.165, 1.54) is 11.0 Å². The Balaban J connectivity index is 1.86. The molecule has 0 aromatic heterocycles. The van der Waals surface area contributed by atoms with Gasteiger partial charge in [-0.05, 0) is 55.6 Å². The van der Waals surface area contributed by atoms with Gasteiger partial charge in [0.25, 0.3) is 5.96 Å². The summed E-state index contributed by atoms with van der Waals surface area (Å²) in [6, 6.07) is 2.63. The number of nitrogens with two attached hydrogens (primary N) is 1. The number of nitrogens with zero attached hydrogens (tertiary/aromatic N) is 3. The molecule has 6 N–H and O–H groups in total. The normalized spacial score (nSPS) is 22.6. The van der Waals surface area contributed by atoms with Crippen LogP contribution in [0.1, 0.15) is 45.1 Å². The summed E-state index contributed by atoms with van der Waals surface area (Å²) in [5.41, 5.74) is 8.48. The Morgan fingerprint density at radius 2 is 2.08 bits per heavy atom. The SMILES string of the molecule is CC1CNc2c(cccc2S(=O)(=O)NC(CCCN=C(N)N[N+](=O)[O-])C(=O)N2CC[C@@H](C)C[C@@H]2C(=O)O)C1. The Hall–Kier alpha value is -3.46. The standard InChI is InChI=1S/C23H35N7O7S/c1-14-8-10-29(18(12-14)22(32)33)21(31)17(6-4-9-25-23(24)27-30(34)35)28-38(36,37)19-7-3-5-16-11-15(2)13-26-20(16)19/h3,5,7,14-15,17-18,26,28H,4,6,8-13H2,1-2H3,(H,32,33)(H3,24,25,27)/t14-,15?,17?,18-/m1/s1. The fourth-order valence-electron chi connectivity index (χ4n) is 4.84. The molecule has 38 heavy (non-hydrogen) atoms. The summed E-state index contributed by atoms with van der Waals surface area (Å²) in [4.78, 5) is 41.1.